The van der Waals surface area contributed by atoms with Crippen LogP contribution < -0.4 is 5.32 Å². The minimum Gasteiger partial charge on any atom is -0.316 e. The molecule has 1 saturated heterocycles. The van der Waals surface area contributed by atoms with Crippen molar-refractivity contribution in [2.75, 3.05) is 19.8 Å². The van der Waals surface area contributed by atoms with Gasteiger partial charge in [-0.05, 0) is 18.9 Å². The molecule has 0 amide bonds. The third-order valence-electron chi connectivity index (χ3n) is 2.21. The third kappa shape index (κ3) is 1.69. The van der Waals surface area contributed by atoms with Crippen LogP contribution in [0.1, 0.15) is 20.3 Å². The Balaban J connectivity index is 2.45. The second-order valence-electron chi connectivity index (χ2n) is 3.88. The second-order valence-corrected chi connectivity index (χ2v) is 3.88. The molecular weight excluding hydrogens is 129 g/mol. The molecule has 2 atom stereocenters. The Labute approximate surface area is 62.0 Å². The number of hydrogen-bond donors (Lipinski definition) is 1. The van der Waals surface area contributed by atoms with Crippen molar-refractivity contribution in [1.29, 1.82) is 0 Å². The van der Waals surface area contributed by atoms with Crippen LogP contribution >= 0.6 is 0 Å². The number of alkyl halides is 1. The molecule has 1 fully saturated rings. The van der Waals surface area contributed by atoms with Crippen molar-refractivity contribution in [2.24, 2.45) is 11.3 Å². The second kappa shape index (κ2) is 2.87. The van der Waals surface area contributed by atoms with Gasteiger partial charge in [-0.2, -0.15) is 0 Å². The fraction of sp³-hybridized carbons (Fsp3) is 1.00. The Morgan fingerprint density at radius 2 is 2.40 bits per heavy atom. The third-order valence-corrected chi connectivity index (χ3v) is 2.21. The number of halogens is 1. The molecule has 1 nitrogen and oxygen atoms in total. The summed E-state index contributed by atoms with van der Waals surface area (Å²) in [6, 6.07) is 0. The Morgan fingerprint density at radius 1 is 1.70 bits per heavy atom. The molecule has 10 heavy (non-hydrogen) atoms. The normalized spacial score (nSPS) is 41.7. The Bertz CT molecular complexity index is 116. The zero-order chi connectivity index (χ0) is 7.61. The molecule has 0 radical (unpaired) electrons. The van der Waals surface area contributed by atoms with E-state index in [-0.39, 0.29) is 12.1 Å². The van der Waals surface area contributed by atoms with E-state index in [0.717, 1.165) is 19.5 Å². The molecule has 1 unspecified atom stereocenters. The largest absolute Gasteiger partial charge is 0.316 e. The van der Waals surface area contributed by atoms with E-state index in [1.54, 1.807) is 0 Å². The van der Waals surface area contributed by atoms with Crippen molar-refractivity contribution < 1.29 is 4.39 Å². The lowest BCUT2D eigenvalue weighted by molar-refractivity contribution is 0.144. The molecule has 0 aromatic rings. The predicted molar refractivity (Wildman–Crippen MR) is 40.7 cm³/mol. The van der Waals surface area contributed by atoms with Crippen LogP contribution in [0.15, 0.2) is 0 Å². The van der Waals surface area contributed by atoms with Crippen LogP contribution in [0, 0.1) is 11.3 Å². The highest BCUT2D eigenvalue weighted by molar-refractivity contribution is 4.83. The molecule has 0 aromatic heterocycles. The van der Waals surface area contributed by atoms with Crippen molar-refractivity contribution >= 4 is 0 Å². The van der Waals surface area contributed by atoms with Gasteiger partial charge in [-0.3, -0.25) is 4.39 Å². The summed E-state index contributed by atoms with van der Waals surface area (Å²) in [7, 11) is 0. The minimum atomic E-state index is -0.190. The van der Waals surface area contributed by atoms with Crippen LogP contribution in [0.2, 0.25) is 0 Å². The van der Waals surface area contributed by atoms with Gasteiger partial charge in [-0.1, -0.05) is 13.8 Å². The molecule has 0 bridgehead atoms. The van der Waals surface area contributed by atoms with Gasteiger partial charge in [0.15, 0.2) is 0 Å². The zero-order valence-corrected chi connectivity index (χ0v) is 6.78. The van der Waals surface area contributed by atoms with Crippen LogP contribution in [0.5, 0.6) is 0 Å². The highest BCUT2D eigenvalue weighted by Crippen LogP contribution is 2.28. The summed E-state index contributed by atoms with van der Waals surface area (Å²) in [4.78, 5) is 0. The molecule has 60 valence electrons. The number of hydrogen-bond acceptors (Lipinski definition) is 1. The van der Waals surface area contributed by atoms with Crippen molar-refractivity contribution in [1.82, 2.24) is 5.32 Å². The fourth-order valence-corrected chi connectivity index (χ4v) is 1.71. The Kier molecular flexibility index (Phi) is 2.29. The number of piperidine rings is 1. The summed E-state index contributed by atoms with van der Waals surface area (Å²) >= 11 is 0. The van der Waals surface area contributed by atoms with Gasteiger partial charge in [0.2, 0.25) is 0 Å². The standard InChI is InChI=1S/C8H16FN/c1-7-3-8(2,5-9)6-10-4-7/h7,10H,3-6H2,1-2H3/t7?,8-/m0/s1. The molecule has 0 spiro atoms. The van der Waals surface area contributed by atoms with E-state index in [1.807, 2.05) is 6.92 Å². The molecule has 1 rings (SSSR count). The summed E-state index contributed by atoms with van der Waals surface area (Å²) in [5.41, 5.74) is -0.0856. The molecule has 2 heteroatoms. The first-order valence-corrected chi connectivity index (χ1v) is 3.93. The first kappa shape index (κ1) is 7.99. The molecule has 0 aliphatic carbocycles. The molecule has 1 N–H and O–H groups in total. The van der Waals surface area contributed by atoms with Gasteiger partial charge in [0, 0.05) is 12.0 Å². The minimum absolute atomic E-state index is 0.0856. The smallest absolute Gasteiger partial charge is 0.0960 e. The first-order valence-electron chi connectivity index (χ1n) is 3.93. The average molecular weight is 145 g/mol. The van der Waals surface area contributed by atoms with Crippen molar-refractivity contribution in [2.45, 2.75) is 20.3 Å². The van der Waals surface area contributed by atoms with Crippen molar-refractivity contribution in [3.8, 4) is 0 Å². The van der Waals surface area contributed by atoms with Gasteiger partial charge in [0.1, 0.15) is 0 Å². The van der Waals surface area contributed by atoms with E-state index >= 15 is 0 Å². The molecule has 0 saturated carbocycles. The predicted octanol–water partition coefficient (Wildman–Crippen LogP) is 1.59. The van der Waals surface area contributed by atoms with E-state index < -0.39 is 0 Å². The lowest BCUT2D eigenvalue weighted by atomic mass is 9.80. The maximum Gasteiger partial charge on any atom is 0.0960 e. The number of nitrogens with one attached hydrogen (secondary N) is 1. The van der Waals surface area contributed by atoms with E-state index in [2.05, 4.69) is 12.2 Å². The summed E-state index contributed by atoms with van der Waals surface area (Å²) in [5.74, 6) is 0.634. The van der Waals surface area contributed by atoms with Gasteiger partial charge in [-0.15, -0.1) is 0 Å². The van der Waals surface area contributed by atoms with E-state index in [4.69, 9.17) is 0 Å². The molecule has 1 aliphatic heterocycles. The molecular formula is C8H16FN. The van der Waals surface area contributed by atoms with Gasteiger partial charge < -0.3 is 5.32 Å². The summed E-state index contributed by atoms with van der Waals surface area (Å²) < 4.78 is 12.4. The fourth-order valence-electron chi connectivity index (χ4n) is 1.71. The molecule has 1 aliphatic rings. The number of rotatable bonds is 1. The lowest BCUT2D eigenvalue weighted by Crippen LogP contribution is -2.43. The molecule has 1 heterocycles. The topological polar surface area (TPSA) is 12.0 Å². The first-order chi connectivity index (χ1) is 4.66. The van der Waals surface area contributed by atoms with E-state index in [9.17, 15) is 4.39 Å². The maximum absolute atomic E-state index is 12.4. The van der Waals surface area contributed by atoms with Crippen LogP contribution in [0.4, 0.5) is 4.39 Å². The van der Waals surface area contributed by atoms with Crippen molar-refractivity contribution in [3.05, 3.63) is 0 Å². The van der Waals surface area contributed by atoms with E-state index in [1.165, 1.54) is 0 Å². The van der Waals surface area contributed by atoms with Gasteiger partial charge in [0.05, 0.1) is 6.67 Å². The van der Waals surface area contributed by atoms with Gasteiger partial charge in [0.25, 0.3) is 0 Å². The van der Waals surface area contributed by atoms with Crippen molar-refractivity contribution in [3.63, 3.8) is 0 Å². The maximum atomic E-state index is 12.4. The SMILES string of the molecule is CC1CNC[C@](C)(CF)C1. The van der Waals surface area contributed by atoms with Crippen LogP contribution in [-0.4, -0.2) is 19.8 Å². The van der Waals surface area contributed by atoms with Crippen LogP contribution in [0.25, 0.3) is 0 Å². The highest BCUT2D eigenvalue weighted by atomic mass is 19.1. The lowest BCUT2D eigenvalue weighted by Gasteiger charge is -2.35. The molecule has 0 aromatic carbocycles. The van der Waals surface area contributed by atoms with Crippen LogP contribution in [0.3, 0.4) is 0 Å². The zero-order valence-electron chi connectivity index (χ0n) is 6.78. The summed E-state index contributed by atoms with van der Waals surface area (Å²) in [6.45, 7) is 5.88. The van der Waals surface area contributed by atoms with E-state index in [0.29, 0.717) is 5.92 Å². The Morgan fingerprint density at radius 3 is 2.80 bits per heavy atom. The quantitative estimate of drug-likeness (QED) is 0.591. The van der Waals surface area contributed by atoms with Crippen LogP contribution in [-0.2, 0) is 0 Å². The Hall–Kier alpha value is -0.110. The average Bonchev–Trinajstić information content (AvgIpc) is 1.88. The summed E-state index contributed by atoms with van der Waals surface area (Å²) in [6.07, 6.45) is 1.02. The highest BCUT2D eigenvalue weighted by Gasteiger charge is 2.29. The summed E-state index contributed by atoms with van der Waals surface area (Å²) in [5, 5.41) is 3.24. The monoisotopic (exact) mass is 145 g/mol. The van der Waals surface area contributed by atoms with Gasteiger partial charge in [-0.25, -0.2) is 0 Å². The van der Waals surface area contributed by atoms with Gasteiger partial charge >= 0.3 is 0 Å².